The Morgan fingerprint density at radius 3 is 2.82 bits per heavy atom. The normalized spacial score (nSPS) is 16.7. The first-order valence-electron chi connectivity index (χ1n) is 9.82. The second-order valence-corrected chi connectivity index (χ2v) is 7.14. The standard InChI is InChI=1S/C22H25N5O/c28-22(19-7-6-14-26(17-19)21-10-4-5-12-23-21)24-13-11-18-15-25-27(16-18)20-8-2-1-3-9-20/h1-5,8-10,12,15-16,19H,6-7,11,13-14,17H2,(H,24,28)/t19-/m0/s1. The van der Waals surface area contributed by atoms with Gasteiger partial charge in [0.05, 0.1) is 17.8 Å². The molecule has 1 atom stereocenters. The van der Waals surface area contributed by atoms with Gasteiger partial charge in [0.1, 0.15) is 5.82 Å². The molecule has 3 aromatic rings. The molecule has 3 heterocycles. The quantitative estimate of drug-likeness (QED) is 0.720. The van der Waals surface area contributed by atoms with Gasteiger partial charge in [-0.3, -0.25) is 4.79 Å². The van der Waals surface area contributed by atoms with E-state index in [1.165, 1.54) is 0 Å². The van der Waals surface area contributed by atoms with Crippen LogP contribution in [-0.4, -0.2) is 40.3 Å². The number of anilines is 1. The second-order valence-electron chi connectivity index (χ2n) is 7.14. The summed E-state index contributed by atoms with van der Waals surface area (Å²) in [7, 11) is 0. The molecule has 1 N–H and O–H groups in total. The number of carbonyl (C=O) groups excluding carboxylic acids is 1. The Labute approximate surface area is 165 Å². The predicted octanol–water partition coefficient (Wildman–Crippen LogP) is 2.84. The molecule has 0 unspecified atom stereocenters. The van der Waals surface area contributed by atoms with Crippen molar-refractivity contribution in [2.24, 2.45) is 5.92 Å². The predicted molar refractivity (Wildman–Crippen MR) is 109 cm³/mol. The van der Waals surface area contributed by atoms with Crippen LogP contribution in [-0.2, 0) is 11.2 Å². The van der Waals surface area contributed by atoms with E-state index in [0.29, 0.717) is 6.54 Å². The van der Waals surface area contributed by atoms with Gasteiger partial charge in [-0.1, -0.05) is 24.3 Å². The summed E-state index contributed by atoms with van der Waals surface area (Å²) in [6.07, 6.45) is 8.40. The highest BCUT2D eigenvalue weighted by Gasteiger charge is 2.26. The highest BCUT2D eigenvalue weighted by molar-refractivity contribution is 5.79. The number of nitrogens with one attached hydrogen (secondary N) is 1. The number of para-hydroxylation sites is 1. The van der Waals surface area contributed by atoms with Crippen LogP contribution in [0.25, 0.3) is 5.69 Å². The molecule has 0 radical (unpaired) electrons. The van der Waals surface area contributed by atoms with Crippen LogP contribution in [0.15, 0.2) is 67.1 Å². The Bertz CT molecular complexity index is 894. The van der Waals surface area contributed by atoms with Gasteiger partial charge in [-0.05, 0) is 49.1 Å². The van der Waals surface area contributed by atoms with E-state index in [-0.39, 0.29) is 11.8 Å². The molecule has 0 aliphatic carbocycles. The zero-order valence-electron chi connectivity index (χ0n) is 15.9. The fourth-order valence-corrected chi connectivity index (χ4v) is 3.63. The summed E-state index contributed by atoms with van der Waals surface area (Å²) < 4.78 is 1.86. The van der Waals surface area contributed by atoms with Crippen molar-refractivity contribution in [1.82, 2.24) is 20.1 Å². The van der Waals surface area contributed by atoms with Gasteiger partial charge in [-0.15, -0.1) is 0 Å². The largest absolute Gasteiger partial charge is 0.356 e. The molecule has 1 aliphatic heterocycles. The van der Waals surface area contributed by atoms with Crippen molar-refractivity contribution in [2.75, 3.05) is 24.5 Å². The molecule has 6 nitrogen and oxygen atoms in total. The second kappa shape index (κ2) is 8.69. The van der Waals surface area contributed by atoms with Crippen LogP contribution in [0.4, 0.5) is 5.82 Å². The monoisotopic (exact) mass is 375 g/mol. The van der Waals surface area contributed by atoms with E-state index in [4.69, 9.17) is 0 Å². The third-order valence-corrected chi connectivity index (χ3v) is 5.14. The third-order valence-electron chi connectivity index (χ3n) is 5.14. The molecule has 0 spiro atoms. The molecule has 1 saturated heterocycles. The minimum atomic E-state index is 0.0165. The maximum absolute atomic E-state index is 12.6. The van der Waals surface area contributed by atoms with Crippen molar-refractivity contribution >= 4 is 11.7 Å². The Balaban J connectivity index is 1.27. The van der Waals surface area contributed by atoms with Crippen LogP contribution >= 0.6 is 0 Å². The maximum atomic E-state index is 12.6. The van der Waals surface area contributed by atoms with Gasteiger partial charge in [0, 0.05) is 32.0 Å². The summed E-state index contributed by atoms with van der Waals surface area (Å²) in [6.45, 7) is 2.31. The number of pyridine rings is 1. The average Bonchev–Trinajstić information content (AvgIpc) is 3.24. The number of amides is 1. The molecule has 1 fully saturated rings. The number of aromatic nitrogens is 3. The molecule has 0 bridgehead atoms. The van der Waals surface area contributed by atoms with E-state index in [0.717, 1.165) is 49.4 Å². The number of rotatable bonds is 6. The molecule has 4 rings (SSSR count). The zero-order valence-corrected chi connectivity index (χ0v) is 15.9. The van der Waals surface area contributed by atoms with E-state index < -0.39 is 0 Å². The number of benzene rings is 1. The van der Waals surface area contributed by atoms with Crippen LogP contribution in [0.3, 0.4) is 0 Å². The lowest BCUT2D eigenvalue weighted by Crippen LogP contribution is -2.43. The first kappa shape index (κ1) is 18.2. The lowest BCUT2D eigenvalue weighted by Gasteiger charge is -2.32. The highest BCUT2D eigenvalue weighted by atomic mass is 16.1. The molecule has 1 aliphatic rings. The molecule has 0 saturated carbocycles. The van der Waals surface area contributed by atoms with Crippen LogP contribution in [0.5, 0.6) is 0 Å². The number of carbonyl (C=O) groups is 1. The van der Waals surface area contributed by atoms with E-state index in [1.54, 1.807) is 6.20 Å². The molecule has 144 valence electrons. The molecular formula is C22H25N5O. The molecule has 6 heteroatoms. The van der Waals surface area contributed by atoms with Gasteiger partial charge in [0.15, 0.2) is 0 Å². The molecule has 28 heavy (non-hydrogen) atoms. The van der Waals surface area contributed by atoms with Crippen LogP contribution in [0.2, 0.25) is 0 Å². The fourth-order valence-electron chi connectivity index (χ4n) is 3.63. The van der Waals surface area contributed by atoms with Crippen molar-refractivity contribution in [3.63, 3.8) is 0 Å². The number of piperidine rings is 1. The minimum absolute atomic E-state index is 0.0165. The van der Waals surface area contributed by atoms with Crippen LogP contribution in [0, 0.1) is 5.92 Å². The van der Waals surface area contributed by atoms with Crippen molar-refractivity contribution in [3.8, 4) is 5.69 Å². The zero-order chi connectivity index (χ0) is 19.2. The van der Waals surface area contributed by atoms with Crippen LogP contribution in [0.1, 0.15) is 18.4 Å². The van der Waals surface area contributed by atoms with Gasteiger partial charge < -0.3 is 10.2 Å². The van der Waals surface area contributed by atoms with Crippen LogP contribution < -0.4 is 10.2 Å². The SMILES string of the molecule is O=C(NCCc1cnn(-c2ccccc2)c1)[C@H]1CCCN(c2ccccn2)C1. The topological polar surface area (TPSA) is 63.1 Å². The lowest BCUT2D eigenvalue weighted by molar-refractivity contribution is -0.125. The number of nitrogens with zero attached hydrogens (tertiary/aromatic N) is 4. The summed E-state index contributed by atoms with van der Waals surface area (Å²) in [6, 6.07) is 15.9. The summed E-state index contributed by atoms with van der Waals surface area (Å²) in [5.41, 5.74) is 2.15. The number of hydrogen-bond donors (Lipinski definition) is 1. The van der Waals surface area contributed by atoms with Crippen molar-refractivity contribution in [1.29, 1.82) is 0 Å². The van der Waals surface area contributed by atoms with E-state index in [1.807, 2.05) is 65.6 Å². The maximum Gasteiger partial charge on any atom is 0.224 e. The van der Waals surface area contributed by atoms with Gasteiger partial charge in [0.2, 0.25) is 5.91 Å². The third kappa shape index (κ3) is 4.39. The highest BCUT2D eigenvalue weighted by Crippen LogP contribution is 2.21. The summed E-state index contributed by atoms with van der Waals surface area (Å²) in [5.74, 6) is 1.10. The van der Waals surface area contributed by atoms with Gasteiger partial charge >= 0.3 is 0 Å². The van der Waals surface area contributed by atoms with Crippen molar-refractivity contribution in [2.45, 2.75) is 19.3 Å². The Morgan fingerprint density at radius 2 is 2.00 bits per heavy atom. The first-order valence-corrected chi connectivity index (χ1v) is 9.82. The summed E-state index contributed by atoms with van der Waals surface area (Å²) >= 11 is 0. The Kier molecular flexibility index (Phi) is 5.66. The molecule has 2 aromatic heterocycles. The van der Waals surface area contributed by atoms with Crippen molar-refractivity contribution < 1.29 is 4.79 Å². The molecule has 1 aromatic carbocycles. The van der Waals surface area contributed by atoms with Crippen molar-refractivity contribution in [3.05, 3.63) is 72.7 Å². The molecular weight excluding hydrogens is 350 g/mol. The van der Waals surface area contributed by atoms with Gasteiger partial charge in [0.25, 0.3) is 0 Å². The van der Waals surface area contributed by atoms with E-state index >= 15 is 0 Å². The summed E-state index contributed by atoms with van der Waals surface area (Å²) in [5, 5.41) is 7.51. The minimum Gasteiger partial charge on any atom is -0.356 e. The molecule has 1 amide bonds. The number of hydrogen-bond acceptors (Lipinski definition) is 4. The first-order chi connectivity index (χ1) is 13.8. The summed E-state index contributed by atoms with van der Waals surface area (Å²) in [4.78, 5) is 19.2. The Morgan fingerprint density at radius 1 is 1.14 bits per heavy atom. The van der Waals surface area contributed by atoms with E-state index in [9.17, 15) is 4.79 Å². The smallest absolute Gasteiger partial charge is 0.224 e. The van der Waals surface area contributed by atoms with Gasteiger partial charge in [-0.2, -0.15) is 5.10 Å². The van der Waals surface area contributed by atoms with Gasteiger partial charge in [-0.25, -0.2) is 9.67 Å². The fraction of sp³-hybridized carbons (Fsp3) is 0.318. The Hall–Kier alpha value is -3.15. The average molecular weight is 375 g/mol. The van der Waals surface area contributed by atoms with E-state index in [2.05, 4.69) is 20.3 Å². The lowest BCUT2D eigenvalue weighted by atomic mass is 9.97.